The number of carbonyl (C=O) groups is 1. The number of nitrogens with one attached hydrogen (secondary N) is 2. The normalized spacial score (nSPS) is 15.2. The van der Waals surface area contributed by atoms with Crippen LogP contribution in [-0.4, -0.2) is 34.7 Å². The first-order valence-corrected chi connectivity index (χ1v) is 9.46. The third kappa shape index (κ3) is 4.16. The lowest BCUT2D eigenvalue weighted by Crippen LogP contribution is -2.39. The number of fused-ring (bicyclic) bond motifs is 1. The fourth-order valence-corrected chi connectivity index (χ4v) is 3.35. The van der Waals surface area contributed by atoms with Crippen molar-refractivity contribution in [2.75, 3.05) is 13.7 Å². The zero-order valence-corrected chi connectivity index (χ0v) is 16.4. The van der Waals surface area contributed by atoms with E-state index in [0.717, 1.165) is 34.7 Å². The number of amides is 2. The van der Waals surface area contributed by atoms with E-state index in [9.17, 15) is 4.79 Å². The van der Waals surface area contributed by atoms with Crippen molar-refractivity contribution in [1.29, 1.82) is 0 Å². The highest BCUT2D eigenvalue weighted by molar-refractivity contribution is 5.74. The van der Waals surface area contributed by atoms with E-state index in [4.69, 9.17) is 9.47 Å². The van der Waals surface area contributed by atoms with Crippen molar-refractivity contribution in [3.05, 3.63) is 65.5 Å². The highest BCUT2D eigenvalue weighted by Crippen LogP contribution is 2.34. The van der Waals surface area contributed by atoms with E-state index < -0.39 is 0 Å². The molecule has 150 valence electrons. The standard InChI is InChI=1S/C21H23N5O3/c1-14-4-3-5-18-19(10-11-29-20(14)18)23-21(27)22-12-15-13-26(25-24-15)16-6-8-17(28-2)9-7-16/h3-9,13,19H,10-12H2,1-2H3,(H2,22,23,27)/t19-/m1/s1. The molecule has 2 heterocycles. The highest BCUT2D eigenvalue weighted by atomic mass is 16.5. The number of ether oxygens (including phenoxy) is 2. The fraction of sp³-hybridized carbons (Fsp3) is 0.286. The summed E-state index contributed by atoms with van der Waals surface area (Å²) >= 11 is 0. The molecule has 0 saturated carbocycles. The molecular weight excluding hydrogens is 370 g/mol. The minimum Gasteiger partial charge on any atom is -0.497 e. The maximum atomic E-state index is 12.4. The lowest BCUT2D eigenvalue weighted by Gasteiger charge is -2.27. The van der Waals surface area contributed by atoms with Gasteiger partial charge in [-0.1, -0.05) is 23.4 Å². The van der Waals surface area contributed by atoms with E-state index >= 15 is 0 Å². The third-order valence-electron chi connectivity index (χ3n) is 4.88. The van der Waals surface area contributed by atoms with E-state index in [0.29, 0.717) is 12.3 Å². The summed E-state index contributed by atoms with van der Waals surface area (Å²) < 4.78 is 12.6. The van der Waals surface area contributed by atoms with Crippen LogP contribution in [0.3, 0.4) is 0 Å². The second-order valence-corrected chi connectivity index (χ2v) is 6.86. The second kappa shape index (κ2) is 8.22. The van der Waals surface area contributed by atoms with Gasteiger partial charge >= 0.3 is 6.03 Å². The van der Waals surface area contributed by atoms with Gasteiger partial charge in [-0.15, -0.1) is 5.10 Å². The average molecular weight is 393 g/mol. The number of methoxy groups -OCH3 is 1. The molecule has 3 aromatic rings. The van der Waals surface area contributed by atoms with Crippen LogP contribution in [0.25, 0.3) is 5.69 Å². The third-order valence-corrected chi connectivity index (χ3v) is 4.88. The summed E-state index contributed by atoms with van der Waals surface area (Å²) in [4.78, 5) is 12.4. The SMILES string of the molecule is COc1ccc(-n2cc(CNC(=O)N[C@@H]3CCOc4c(C)cccc43)nn2)cc1. The van der Waals surface area contributed by atoms with Gasteiger partial charge in [0.05, 0.1) is 38.2 Å². The van der Waals surface area contributed by atoms with Crippen molar-refractivity contribution in [3.63, 3.8) is 0 Å². The molecule has 1 atom stereocenters. The number of para-hydroxylation sites is 1. The van der Waals surface area contributed by atoms with E-state index in [1.807, 2.05) is 49.4 Å². The predicted molar refractivity (Wildman–Crippen MR) is 107 cm³/mol. The van der Waals surface area contributed by atoms with Gasteiger partial charge in [0.2, 0.25) is 0 Å². The lowest BCUT2D eigenvalue weighted by molar-refractivity contribution is 0.222. The molecule has 2 aromatic carbocycles. The minimum absolute atomic E-state index is 0.0753. The summed E-state index contributed by atoms with van der Waals surface area (Å²) in [6, 6.07) is 13.2. The summed E-state index contributed by atoms with van der Waals surface area (Å²) in [5.41, 5.74) is 3.61. The highest BCUT2D eigenvalue weighted by Gasteiger charge is 2.24. The Hall–Kier alpha value is -3.55. The summed E-state index contributed by atoms with van der Waals surface area (Å²) in [7, 11) is 1.62. The largest absolute Gasteiger partial charge is 0.497 e. The number of hydrogen-bond donors (Lipinski definition) is 2. The molecule has 0 radical (unpaired) electrons. The zero-order valence-electron chi connectivity index (χ0n) is 16.4. The molecule has 29 heavy (non-hydrogen) atoms. The van der Waals surface area contributed by atoms with Crippen molar-refractivity contribution in [1.82, 2.24) is 25.6 Å². The van der Waals surface area contributed by atoms with Crippen LogP contribution in [0.15, 0.2) is 48.7 Å². The molecule has 1 aliphatic heterocycles. The van der Waals surface area contributed by atoms with Crippen molar-refractivity contribution in [2.24, 2.45) is 0 Å². The molecule has 1 aliphatic rings. The molecule has 4 rings (SSSR count). The summed E-state index contributed by atoms with van der Waals surface area (Å²) in [5.74, 6) is 1.64. The Labute approximate surface area is 168 Å². The van der Waals surface area contributed by atoms with Gasteiger partial charge in [-0.2, -0.15) is 0 Å². The number of carbonyl (C=O) groups excluding carboxylic acids is 1. The molecule has 2 amide bonds. The van der Waals surface area contributed by atoms with E-state index in [2.05, 4.69) is 20.9 Å². The quantitative estimate of drug-likeness (QED) is 0.696. The van der Waals surface area contributed by atoms with Crippen molar-refractivity contribution in [2.45, 2.75) is 25.9 Å². The first-order chi connectivity index (χ1) is 14.1. The van der Waals surface area contributed by atoms with Crippen LogP contribution in [0, 0.1) is 6.92 Å². The predicted octanol–water partition coefficient (Wildman–Crippen LogP) is 2.91. The Balaban J connectivity index is 1.35. The van der Waals surface area contributed by atoms with Crippen LogP contribution < -0.4 is 20.1 Å². The maximum Gasteiger partial charge on any atom is 0.315 e. The molecule has 1 aromatic heterocycles. The summed E-state index contributed by atoms with van der Waals surface area (Å²) in [6.07, 6.45) is 2.52. The topological polar surface area (TPSA) is 90.3 Å². The Bertz CT molecular complexity index is 1000. The van der Waals surface area contributed by atoms with Crippen LogP contribution in [-0.2, 0) is 6.54 Å². The molecule has 0 aliphatic carbocycles. The molecule has 0 unspecified atom stereocenters. The van der Waals surface area contributed by atoms with E-state index in [1.54, 1.807) is 18.0 Å². The van der Waals surface area contributed by atoms with Gasteiger partial charge in [-0.3, -0.25) is 0 Å². The number of hydrogen-bond acceptors (Lipinski definition) is 5. The molecule has 8 heteroatoms. The smallest absolute Gasteiger partial charge is 0.315 e. The Morgan fingerprint density at radius 2 is 2.10 bits per heavy atom. The van der Waals surface area contributed by atoms with Gasteiger partial charge in [0, 0.05) is 12.0 Å². The van der Waals surface area contributed by atoms with Gasteiger partial charge in [0.1, 0.15) is 17.2 Å². The Kier molecular flexibility index (Phi) is 5.33. The monoisotopic (exact) mass is 393 g/mol. The van der Waals surface area contributed by atoms with Crippen LogP contribution in [0.4, 0.5) is 4.79 Å². The summed E-state index contributed by atoms with van der Waals surface area (Å²) in [6.45, 7) is 2.87. The summed E-state index contributed by atoms with van der Waals surface area (Å²) in [5, 5.41) is 14.1. The van der Waals surface area contributed by atoms with Gasteiger partial charge < -0.3 is 20.1 Å². The Morgan fingerprint density at radius 1 is 1.28 bits per heavy atom. The van der Waals surface area contributed by atoms with Gasteiger partial charge in [0.15, 0.2) is 0 Å². The zero-order chi connectivity index (χ0) is 20.2. The van der Waals surface area contributed by atoms with Crippen LogP contribution in [0.1, 0.15) is 29.3 Å². The van der Waals surface area contributed by atoms with E-state index in [-0.39, 0.29) is 18.6 Å². The number of nitrogens with zero attached hydrogens (tertiary/aromatic N) is 3. The van der Waals surface area contributed by atoms with Gasteiger partial charge in [0.25, 0.3) is 0 Å². The number of aryl methyl sites for hydroxylation is 1. The molecular formula is C21H23N5O3. The number of rotatable bonds is 5. The molecule has 0 spiro atoms. The van der Waals surface area contributed by atoms with Crippen molar-refractivity contribution < 1.29 is 14.3 Å². The molecule has 0 bridgehead atoms. The van der Waals surface area contributed by atoms with E-state index in [1.165, 1.54) is 0 Å². The second-order valence-electron chi connectivity index (χ2n) is 6.86. The van der Waals surface area contributed by atoms with Crippen molar-refractivity contribution >= 4 is 6.03 Å². The van der Waals surface area contributed by atoms with Gasteiger partial charge in [-0.05, 0) is 36.8 Å². The minimum atomic E-state index is -0.247. The van der Waals surface area contributed by atoms with Crippen molar-refractivity contribution in [3.8, 4) is 17.2 Å². The average Bonchev–Trinajstić information content (AvgIpc) is 3.22. The number of aromatic nitrogens is 3. The van der Waals surface area contributed by atoms with Crippen LogP contribution >= 0.6 is 0 Å². The number of urea groups is 1. The first-order valence-electron chi connectivity index (χ1n) is 9.46. The maximum absolute atomic E-state index is 12.4. The lowest BCUT2D eigenvalue weighted by atomic mass is 9.98. The van der Waals surface area contributed by atoms with Crippen LogP contribution in [0.5, 0.6) is 11.5 Å². The van der Waals surface area contributed by atoms with Crippen LogP contribution in [0.2, 0.25) is 0 Å². The molecule has 0 saturated heterocycles. The molecule has 2 N–H and O–H groups in total. The van der Waals surface area contributed by atoms with Gasteiger partial charge in [-0.25, -0.2) is 9.48 Å². The fourth-order valence-electron chi connectivity index (χ4n) is 3.35. The molecule has 0 fully saturated rings. The first kappa shape index (κ1) is 18.8. The number of benzene rings is 2. The molecule has 8 nitrogen and oxygen atoms in total. The Morgan fingerprint density at radius 3 is 2.90 bits per heavy atom.